The number of aromatic amines is 1. The first-order chi connectivity index (χ1) is 16.6. The summed E-state index contributed by atoms with van der Waals surface area (Å²) in [5, 5.41) is 2.28. The Bertz CT molecular complexity index is 1340. The Hall–Kier alpha value is -4.20. The van der Waals surface area contributed by atoms with E-state index < -0.39 is 54.4 Å². The van der Waals surface area contributed by atoms with Crippen molar-refractivity contribution in [3.05, 3.63) is 52.6 Å². The molecule has 12 nitrogen and oxygen atoms in total. The quantitative estimate of drug-likeness (QED) is 0.487. The summed E-state index contributed by atoms with van der Waals surface area (Å²) in [6, 6.07) is 7.74. The van der Waals surface area contributed by atoms with E-state index in [1.165, 1.54) is 19.1 Å². The number of amides is 1. The average molecular weight is 491 g/mol. The molecular weight excluding hydrogens is 472 g/mol. The molecule has 184 valence electrons. The van der Waals surface area contributed by atoms with Gasteiger partial charge >= 0.3 is 17.9 Å². The number of aromatic nitrogens is 4. The molecule has 0 aliphatic carbocycles. The highest BCUT2D eigenvalue weighted by molar-refractivity contribution is 5.89. The fraction of sp³-hybridized carbons (Fsp3) is 0.333. The van der Waals surface area contributed by atoms with Gasteiger partial charge in [-0.2, -0.15) is 13.8 Å². The van der Waals surface area contributed by atoms with Crippen LogP contribution in [0.2, 0.25) is 0 Å². The molecule has 1 amide bonds. The van der Waals surface area contributed by atoms with E-state index >= 15 is 8.78 Å². The number of nitrogens with zero attached hydrogens (tertiary/aromatic N) is 3. The van der Waals surface area contributed by atoms with Gasteiger partial charge in [-0.1, -0.05) is 18.2 Å². The molecule has 0 radical (unpaired) electrons. The van der Waals surface area contributed by atoms with Gasteiger partial charge in [0.25, 0.3) is 5.56 Å². The van der Waals surface area contributed by atoms with E-state index in [0.29, 0.717) is 0 Å². The van der Waals surface area contributed by atoms with Gasteiger partial charge in [0.1, 0.15) is 6.61 Å². The van der Waals surface area contributed by atoms with Gasteiger partial charge in [-0.25, -0.2) is 9.78 Å². The largest absolute Gasteiger partial charge is 0.459 e. The van der Waals surface area contributed by atoms with Crippen molar-refractivity contribution in [2.75, 3.05) is 11.9 Å². The summed E-state index contributed by atoms with van der Waals surface area (Å²) in [6.07, 6.45) is -4.83. The highest BCUT2D eigenvalue weighted by Gasteiger charge is 2.62. The fourth-order valence-corrected chi connectivity index (χ4v) is 3.53. The van der Waals surface area contributed by atoms with Gasteiger partial charge in [-0.05, 0) is 12.1 Å². The first-order valence-corrected chi connectivity index (χ1v) is 10.2. The first-order valence-electron chi connectivity index (χ1n) is 10.2. The zero-order chi connectivity index (χ0) is 25.3. The van der Waals surface area contributed by atoms with Gasteiger partial charge in [-0.3, -0.25) is 29.3 Å². The standard InChI is InChI=1S/C21H19F2N5O7/c1-10(29)25-20-26-16-14(17(31)27-20)24-9-28(16)18-15(34-11(2)30)21(22,23)13(35-18)8-33-19(32)12-6-4-3-5-7-12/h3-7,9,13,15,18H,8H2,1-2H3,(H2,25,26,27,29,31)/t13-,15+,18-/m1/s1. The van der Waals surface area contributed by atoms with Gasteiger partial charge in [0, 0.05) is 13.8 Å². The van der Waals surface area contributed by atoms with Crippen molar-refractivity contribution in [2.24, 2.45) is 0 Å². The number of H-pyrrole nitrogens is 1. The molecule has 35 heavy (non-hydrogen) atoms. The minimum atomic E-state index is -3.80. The summed E-state index contributed by atoms with van der Waals surface area (Å²) >= 11 is 0. The smallest absolute Gasteiger partial charge is 0.338 e. The van der Waals surface area contributed by atoms with Crippen LogP contribution in [0.15, 0.2) is 41.5 Å². The third-order valence-electron chi connectivity index (χ3n) is 5.04. The number of esters is 2. The lowest BCUT2D eigenvalue weighted by Gasteiger charge is -2.23. The van der Waals surface area contributed by atoms with Crippen LogP contribution in [0.4, 0.5) is 14.7 Å². The van der Waals surface area contributed by atoms with Gasteiger partial charge < -0.3 is 14.2 Å². The summed E-state index contributed by atoms with van der Waals surface area (Å²) in [4.78, 5) is 57.7. The summed E-state index contributed by atoms with van der Waals surface area (Å²) < 4.78 is 46.9. The number of imidazole rings is 1. The second-order valence-corrected chi connectivity index (χ2v) is 7.60. The molecule has 0 bridgehead atoms. The SMILES string of the molecule is CC(=O)Nc1nc2c(ncn2[C@@H]2O[C@H](COC(=O)c3ccccc3)C(F)(F)[C@H]2OC(C)=O)c(=O)[nH]1. The van der Waals surface area contributed by atoms with Crippen LogP contribution in [0.25, 0.3) is 11.2 Å². The molecule has 1 fully saturated rings. The second-order valence-electron chi connectivity index (χ2n) is 7.60. The number of halogens is 2. The van der Waals surface area contributed by atoms with Crippen LogP contribution in [0.5, 0.6) is 0 Å². The molecule has 2 N–H and O–H groups in total. The minimum Gasteiger partial charge on any atom is -0.459 e. The summed E-state index contributed by atoms with van der Waals surface area (Å²) in [5.74, 6) is -6.46. The highest BCUT2D eigenvalue weighted by atomic mass is 19.3. The van der Waals surface area contributed by atoms with E-state index in [4.69, 9.17) is 14.2 Å². The predicted octanol–water partition coefficient (Wildman–Crippen LogP) is 1.40. The fourth-order valence-electron chi connectivity index (χ4n) is 3.53. The third-order valence-corrected chi connectivity index (χ3v) is 5.04. The van der Waals surface area contributed by atoms with Crippen molar-refractivity contribution in [2.45, 2.75) is 38.2 Å². The number of carbonyl (C=O) groups excluding carboxylic acids is 3. The number of carbonyl (C=O) groups is 3. The summed E-state index contributed by atoms with van der Waals surface area (Å²) in [5.41, 5.74) is -1.04. The highest BCUT2D eigenvalue weighted by Crippen LogP contribution is 2.44. The van der Waals surface area contributed by atoms with E-state index in [9.17, 15) is 19.2 Å². The van der Waals surface area contributed by atoms with E-state index in [2.05, 4.69) is 20.3 Å². The monoisotopic (exact) mass is 491 g/mol. The van der Waals surface area contributed by atoms with Crippen LogP contribution in [0.3, 0.4) is 0 Å². The Labute approximate surface area is 195 Å². The normalized spacial score (nSPS) is 21.0. The number of ether oxygens (including phenoxy) is 3. The molecule has 1 aliphatic rings. The van der Waals surface area contributed by atoms with Crippen LogP contribution in [-0.2, 0) is 23.8 Å². The van der Waals surface area contributed by atoms with Crippen molar-refractivity contribution < 1.29 is 37.4 Å². The molecule has 0 spiro atoms. The Kier molecular flexibility index (Phi) is 6.30. The number of rotatable bonds is 6. The van der Waals surface area contributed by atoms with Crippen LogP contribution in [-0.4, -0.2) is 62.1 Å². The topological polar surface area (TPSA) is 154 Å². The molecular formula is C21H19F2N5O7. The first kappa shape index (κ1) is 23.9. The summed E-state index contributed by atoms with van der Waals surface area (Å²) in [7, 11) is 0. The Morgan fingerprint density at radius 2 is 1.94 bits per heavy atom. The van der Waals surface area contributed by atoms with Crippen molar-refractivity contribution in [1.82, 2.24) is 19.5 Å². The van der Waals surface area contributed by atoms with Gasteiger partial charge in [-0.15, -0.1) is 0 Å². The average Bonchev–Trinajstić information content (AvgIpc) is 3.31. The van der Waals surface area contributed by atoms with Gasteiger partial charge in [0.15, 0.2) is 23.5 Å². The maximum absolute atomic E-state index is 15.3. The zero-order valence-corrected chi connectivity index (χ0v) is 18.4. The number of alkyl halides is 2. The van der Waals surface area contributed by atoms with Crippen molar-refractivity contribution >= 4 is 35.0 Å². The van der Waals surface area contributed by atoms with Gasteiger partial charge in [0.2, 0.25) is 18.0 Å². The number of hydrogen-bond acceptors (Lipinski definition) is 9. The van der Waals surface area contributed by atoms with Crippen LogP contribution in [0, 0.1) is 0 Å². The van der Waals surface area contributed by atoms with Crippen molar-refractivity contribution in [3.8, 4) is 0 Å². The molecule has 3 atom stereocenters. The van der Waals surface area contributed by atoms with Crippen LogP contribution >= 0.6 is 0 Å². The van der Waals surface area contributed by atoms with Crippen molar-refractivity contribution in [1.29, 1.82) is 0 Å². The van der Waals surface area contributed by atoms with E-state index in [0.717, 1.165) is 17.8 Å². The molecule has 1 aliphatic heterocycles. The molecule has 1 aromatic carbocycles. The molecule has 0 saturated carbocycles. The number of anilines is 1. The molecule has 2 aromatic heterocycles. The molecule has 4 rings (SSSR count). The molecule has 14 heteroatoms. The second kappa shape index (κ2) is 9.21. The van der Waals surface area contributed by atoms with Gasteiger partial charge in [0.05, 0.1) is 11.9 Å². The van der Waals surface area contributed by atoms with Crippen LogP contribution in [0.1, 0.15) is 30.4 Å². The molecule has 3 heterocycles. The maximum atomic E-state index is 15.3. The lowest BCUT2D eigenvalue weighted by atomic mass is 10.1. The molecule has 1 saturated heterocycles. The number of fused-ring (bicyclic) bond motifs is 1. The lowest BCUT2D eigenvalue weighted by molar-refractivity contribution is -0.171. The Morgan fingerprint density at radius 1 is 1.23 bits per heavy atom. The number of nitrogens with one attached hydrogen (secondary N) is 2. The predicted molar refractivity (Wildman–Crippen MR) is 114 cm³/mol. The van der Waals surface area contributed by atoms with E-state index in [-0.39, 0.29) is 22.7 Å². The molecule has 0 unspecified atom stereocenters. The van der Waals surface area contributed by atoms with E-state index in [1.54, 1.807) is 18.2 Å². The van der Waals surface area contributed by atoms with Crippen LogP contribution < -0.4 is 10.9 Å². The summed E-state index contributed by atoms with van der Waals surface area (Å²) in [6.45, 7) is 1.27. The number of hydrogen-bond donors (Lipinski definition) is 2. The Morgan fingerprint density at radius 3 is 2.60 bits per heavy atom. The zero-order valence-electron chi connectivity index (χ0n) is 18.4. The number of benzene rings is 1. The molecule has 3 aromatic rings. The Balaban J connectivity index is 1.67. The lowest BCUT2D eigenvalue weighted by Crippen LogP contribution is -2.43. The third kappa shape index (κ3) is 4.73. The maximum Gasteiger partial charge on any atom is 0.338 e. The van der Waals surface area contributed by atoms with E-state index in [1.807, 2.05) is 0 Å². The minimum absolute atomic E-state index is 0.149. The van der Waals surface area contributed by atoms with Crippen molar-refractivity contribution in [3.63, 3.8) is 0 Å².